The Morgan fingerprint density at radius 3 is 2.75 bits per heavy atom. The van der Waals surface area contributed by atoms with Gasteiger partial charge in [-0.2, -0.15) is 0 Å². The van der Waals surface area contributed by atoms with Crippen LogP contribution in [0.1, 0.15) is 32.1 Å². The number of nitrogens with one attached hydrogen (secondary N) is 1. The fraction of sp³-hybridized carbons (Fsp3) is 0.538. The summed E-state index contributed by atoms with van der Waals surface area (Å²) in [5, 5.41) is 14.2. The highest BCUT2D eigenvalue weighted by Crippen LogP contribution is 2.32. The molecular formula is C13H17BrFN3O2. The first-order valence-electron chi connectivity index (χ1n) is 6.64. The van der Waals surface area contributed by atoms with Crippen LogP contribution in [0, 0.1) is 15.9 Å². The minimum Gasteiger partial charge on any atom is -0.375 e. The number of hydrogen-bond acceptors (Lipinski definition) is 4. The highest BCUT2D eigenvalue weighted by atomic mass is 79.9. The summed E-state index contributed by atoms with van der Waals surface area (Å²) in [6.45, 7) is 0. The third-order valence-corrected chi connectivity index (χ3v) is 4.25. The van der Waals surface area contributed by atoms with Gasteiger partial charge in [-0.05, 0) is 34.8 Å². The van der Waals surface area contributed by atoms with Crippen molar-refractivity contribution in [3.05, 3.63) is 32.5 Å². The number of halogens is 2. The van der Waals surface area contributed by atoms with E-state index >= 15 is 0 Å². The monoisotopic (exact) mass is 345 g/mol. The van der Waals surface area contributed by atoms with Crippen LogP contribution in [0.15, 0.2) is 16.6 Å². The number of hydrogen-bond donors (Lipinski definition) is 2. The summed E-state index contributed by atoms with van der Waals surface area (Å²) in [6.07, 6.45) is 5.01. The number of nitro groups is 1. The lowest BCUT2D eigenvalue weighted by Crippen LogP contribution is -2.39. The molecule has 3 N–H and O–H groups in total. The maximum absolute atomic E-state index is 13.4. The van der Waals surface area contributed by atoms with Crippen molar-refractivity contribution in [1.82, 2.24) is 0 Å². The molecule has 0 bridgehead atoms. The van der Waals surface area contributed by atoms with Gasteiger partial charge >= 0.3 is 0 Å². The summed E-state index contributed by atoms with van der Waals surface area (Å²) in [5.41, 5.74) is 6.15. The molecule has 0 saturated heterocycles. The molecule has 1 aromatic rings. The van der Waals surface area contributed by atoms with Gasteiger partial charge in [0.25, 0.3) is 5.69 Å². The summed E-state index contributed by atoms with van der Waals surface area (Å²) >= 11 is 3.06. The van der Waals surface area contributed by atoms with Crippen molar-refractivity contribution >= 4 is 27.3 Å². The van der Waals surface area contributed by atoms with E-state index in [9.17, 15) is 14.5 Å². The van der Waals surface area contributed by atoms with Gasteiger partial charge in [-0.3, -0.25) is 10.1 Å². The lowest BCUT2D eigenvalue weighted by Gasteiger charge is -2.23. The first kappa shape index (κ1) is 15.2. The highest BCUT2D eigenvalue weighted by Gasteiger charge is 2.24. The van der Waals surface area contributed by atoms with Gasteiger partial charge in [0.05, 0.1) is 15.5 Å². The van der Waals surface area contributed by atoms with Crippen LogP contribution in [0.4, 0.5) is 15.8 Å². The Kier molecular flexibility index (Phi) is 4.93. The standard InChI is InChI=1S/C13H17BrFN3O2/c14-8-6-12(13(18(19)20)7-9(8)15)17-11-5-3-1-2-4-10(11)16/h6-7,10-11,17H,1-5,16H2. The van der Waals surface area contributed by atoms with E-state index in [2.05, 4.69) is 21.2 Å². The smallest absolute Gasteiger partial charge is 0.295 e. The normalized spacial score (nSPS) is 23.1. The summed E-state index contributed by atoms with van der Waals surface area (Å²) in [4.78, 5) is 10.4. The van der Waals surface area contributed by atoms with Crippen molar-refractivity contribution in [2.24, 2.45) is 5.73 Å². The van der Waals surface area contributed by atoms with Crippen LogP contribution < -0.4 is 11.1 Å². The van der Waals surface area contributed by atoms with E-state index in [1.807, 2.05) is 0 Å². The van der Waals surface area contributed by atoms with E-state index in [1.54, 1.807) is 0 Å². The van der Waals surface area contributed by atoms with Gasteiger partial charge in [0, 0.05) is 12.1 Å². The summed E-state index contributed by atoms with van der Waals surface area (Å²) in [6, 6.07) is 2.27. The van der Waals surface area contributed by atoms with Crippen molar-refractivity contribution in [3.63, 3.8) is 0 Å². The van der Waals surface area contributed by atoms with Gasteiger partial charge in [-0.15, -0.1) is 0 Å². The Balaban J connectivity index is 2.27. The van der Waals surface area contributed by atoms with Gasteiger partial charge in [0.1, 0.15) is 11.5 Å². The summed E-state index contributed by atoms with van der Waals surface area (Å²) in [5.74, 6) is -0.646. The summed E-state index contributed by atoms with van der Waals surface area (Å²) in [7, 11) is 0. The van der Waals surface area contributed by atoms with E-state index in [1.165, 1.54) is 6.07 Å². The van der Waals surface area contributed by atoms with Crippen LogP contribution in [0.2, 0.25) is 0 Å². The Hall–Kier alpha value is -1.21. The van der Waals surface area contributed by atoms with Gasteiger partial charge in [-0.1, -0.05) is 19.3 Å². The molecule has 0 aliphatic heterocycles. The van der Waals surface area contributed by atoms with Crippen molar-refractivity contribution in [1.29, 1.82) is 0 Å². The molecule has 0 amide bonds. The molecule has 2 unspecified atom stereocenters. The van der Waals surface area contributed by atoms with Crippen molar-refractivity contribution in [3.8, 4) is 0 Å². The van der Waals surface area contributed by atoms with Crippen LogP contribution in [0.3, 0.4) is 0 Å². The molecule has 1 saturated carbocycles. The number of rotatable bonds is 3. The number of nitro benzene ring substituents is 1. The molecule has 1 aliphatic carbocycles. The molecule has 0 aromatic heterocycles. The third kappa shape index (κ3) is 3.46. The molecule has 0 heterocycles. The third-order valence-electron chi connectivity index (χ3n) is 3.65. The van der Waals surface area contributed by atoms with E-state index in [-0.39, 0.29) is 22.2 Å². The predicted molar refractivity (Wildman–Crippen MR) is 79.2 cm³/mol. The van der Waals surface area contributed by atoms with Crippen LogP contribution in [0.25, 0.3) is 0 Å². The van der Waals surface area contributed by atoms with E-state index in [0.29, 0.717) is 5.69 Å². The lowest BCUT2D eigenvalue weighted by atomic mass is 10.0. The molecule has 2 atom stereocenters. The second kappa shape index (κ2) is 6.49. The Bertz CT molecular complexity index is 513. The van der Waals surface area contributed by atoms with Gasteiger partial charge < -0.3 is 11.1 Å². The Labute approximate surface area is 125 Å². The topological polar surface area (TPSA) is 81.2 Å². The molecular weight excluding hydrogens is 329 g/mol. The van der Waals surface area contributed by atoms with Crippen LogP contribution in [-0.2, 0) is 0 Å². The predicted octanol–water partition coefficient (Wildman–Crippen LogP) is 3.57. The van der Waals surface area contributed by atoms with Crippen LogP contribution in [0.5, 0.6) is 0 Å². The van der Waals surface area contributed by atoms with E-state index in [0.717, 1.165) is 38.2 Å². The zero-order chi connectivity index (χ0) is 14.7. The first-order chi connectivity index (χ1) is 9.49. The lowest BCUT2D eigenvalue weighted by molar-refractivity contribution is -0.384. The minimum atomic E-state index is -0.646. The SMILES string of the molecule is NC1CCCCCC1Nc1cc(Br)c(F)cc1[N+](=O)[O-]. The van der Waals surface area contributed by atoms with Crippen molar-refractivity contribution in [2.45, 2.75) is 44.2 Å². The fourth-order valence-corrected chi connectivity index (χ4v) is 2.86. The second-order valence-corrected chi connectivity index (χ2v) is 5.95. The van der Waals surface area contributed by atoms with E-state index < -0.39 is 10.7 Å². The van der Waals surface area contributed by atoms with Crippen molar-refractivity contribution < 1.29 is 9.31 Å². The average Bonchev–Trinajstić information content (AvgIpc) is 2.59. The van der Waals surface area contributed by atoms with E-state index in [4.69, 9.17) is 5.73 Å². The Morgan fingerprint density at radius 2 is 2.05 bits per heavy atom. The number of nitrogens with two attached hydrogens (primary N) is 1. The molecule has 0 spiro atoms. The molecule has 7 heteroatoms. The average molecular weight is 346 g/mol. The zero-order valence-electron chi connectivity index (χ0n) is 10.9. The fourth-order valence-electron chi connectivity index (χ4n) is 2.52. The molecule has 2 rings (SSSR count). The molecule has 1 aliphatic rings. The Morgan fingerprint density at radius 1 is 1.35 bits per heavy atom. The molecule has 1 fully saturated rings. The zero-order valence-corrected chi connectivity index (χ0v) is 12.5. The molecule has 0 radical (unpaired) electrons. The second-order valence-electron chi connectivity index (χ2n) is 5.09. The maximum atomic E-state index is 13.4. The number of benzene rings is 1. The molecule has 110 valence electrons. The molecule has 1 aromatic carbocycles. The molecule has 20 heavy (non-hydrogen) atoms. The van der Waals surface area contributed by atoms with Gasteiger partial charge in [0.15, 0.2) is 0 Å². The quantitative estimate of drug-likeness (QED) is 0.498. The van der Waals surface area contributed by atoms with Gasteiger partial charge in [-0.25, -0.2) is 4.39 Å². The van der Waals surface area contributed by atoms with Crippen LogP contribution >= 0.6 is 15.9 Å². The van der Waals surface area contributed by atoms with Gasteiger partial charge in [0.2, 0.25) is 0 Å². The number of nitrogens with zero attached hydrogens (tertiary/aromatic N) is 1. The van der Waals surface area contributed by atoms with Crippen LogP contribution in [-0.4, -0.2) is 17.0 Å². The highest BCUT2D eigenvalue weighted by molar-refractivity contribution is 9.10. The first-order valence-corrected chi connectivity index (χ1v) is 7.44. The maximum Gasteiger partial charge on any atom is 0.295 e. The summed E-state index contributed by atoms with van der Waals surface area (Å²) < 4.78 is 13.6. The number of anilines is 1. The van der Waals surface area contributed by atoms with Crippen molar-refractivity contribution in [2.75, 3.05) is 5.32 Å². The largest absolute Gasteiger partial charge is 0.375 e. The minimum absolute atomic E-state index is 0.0199. The molecule has 5 nitrogen and oxygen atoms in total.